The van der Waals surface area contributed by atoms with Crippen LogP contribution in [0.15, 0.2) is 58.6 Å². The van der Waals surface area contributed by atoms with Crippen LogP contribution in [-0.2, 0) is 5.60 Å². The molecule has 1 unspecified atom stereocenters. The molecule has 1 amide bonds. The van der Waals surface area contributed by atoms with E-state index >= 15 is 0 Å². The Hall–Kier alpha value is -2.15. The second kappa shape index (κ2) is 7.39. The highest BCUT2D eigenvalue weighted by molar-refractivity contribution is 7.10. The zero-order chi connectivity index (χ0) is 17.9. The van der Waals surface area contributed by atoms with Crippen LogP contribution in [0.3, 0.4) is 0 Å². The molecule has 0 saturated carbocycles. The van der Waals surface area contributed by atoms with E-state index in [9.17, 15) is 9.90 Å². The highest BCUT2D eigenvalue weighted by Gasteiger charge is 2.33. The molecule has 0 spiro atoms. The van der Waals surface area contributed by atoms with Gasteiger partial charge in [0, 0.05) is 35.8 Å². The molecule has 0 saturated heterocycles. The Bertz CT molecular complexity index is 793. The van der Waals surface area contributed by atoms with Gasteiger partial charge >= 0.3 is 0 Å². The molecule has 130 valence electrons. The van der Waals surface area contributed by atoms with Crippen LogP contribution in [0.4, 0.5) is 5.69 Å². The van der Waals surface area contributed by atoms with Gasteiger partial charge in [-0.05, 0) is 46.5 Å². The van der Waals surface area contributed by atoms with E-state index in [4.69, 9.17) is 0 Å². The smallest absolute Gasteiger partial charge is 0.251 e. The summed E-state index contributed by atoms with van der Waals surface area (Å²) >= 11 is 3.00. The summed E-state index contributed by atoms with van der Waals surface area (Å²) in [7, 11) is 3.87. The predicted octanol–water partition coefficient (Wildman–Crippen LogP) is 3.54. The quantitative estimate of drug-likeness (QED) is 0.696. The van der Waals surface area contributed by atoms with Crippen LogP contribution in [0.2, 0.25) is 0 Å². The lowest BCUT2D eigenvalue weighted by atomic mass is 9.94. The topological polar surface area (TPSA) is 52.6 Å². The molecule has 3 rings (SSSR count). The van der Waals surface area contributed by atoms with Gasteiger partial charge < -0.3 is 15.3 Å². The van der Waals surface area contributed by atoms with E-state index in [0.29, 0.717) is 5.56 Å². The molecule has 1 aromatic carbocycles. The zero-order valence-corrected chi connectivity index (χ0v) is 15.7. The highest BCUT2D eigenvalue weighted by atomic mass is 32.1. The number of carbonyl (C=O) groups is 1. The van der Waals surface area contributed by atoms with Gasteiger partial charge in [0.05, 0.1) is 6.54 Å². The first-order valence-electron chi connectivity index (χ1n) is 7.85. The van der Waals surface area contributed by atoms with Crippen LogP contribution in [0, 0.1) is 0 Å². The van der Waals surface area contributed by atoms with Gasteiger partial charge in [0.2, 0.25) is 0 Å². The van der Waals surface area contributed by atoms with Crippen molar-refractivity contribution in [2.45, 2.75) is 5.60 Å². The van der Waals surface area contributed by atoms with Crippen LogP contribution in [0.25, 0.3) is 0 Å². The first kappa shape index (κ1) is 17.7. The molecule has 0 aliphatic heterocycles. The van der Waals surface area contributed by atoms with Crippen LogP contribution in [-0.4, -0.2) is 31.7 Å². The Kier molecular flexibility index (Phi) is 5.22. The fraction of sp³-hybridized carbons (Fsp3) is 0.211. The molecule has 2 aromatic heterocycles. The number of rotatable bonds is 6. The van der Waals surface area contributed by atoms with E-state index in [1.165, 1.54) is 22.7 Å². The number of nitrogens with one attached hydrogen (secondary N) is 1. The summed E-state index contributed by atoms with van der Waals surface area (Å²) in [6.07, 6.45) is 0. The number of carbonyl (C=O) groups excluding carboxylic acids is 1. The molecule has 4 nitrogen and oxygen atoms in total. The van der Waals surface area contributed by atoms with E-state index in [1.54, 1.807) is 6.07 Å². The summed E-state index contributed by atoms with van der Waals surface area (Å²) in [6, 6.07) is 13.1. The minimum atomic E-state index is -1.22. The molecule has 0 radical (unpaired) electrons. The van der Waals surface area contributed by atoms with Crippen molar-refractivity contribution >= 4 is 34.3 Å². The van der Waals surface area contributed by atoms with E-state index in [0.717, 1.165) is 16.1 Å². The van der Waals surface area contributed by atoms with Crippen molar-refractivity contribution in [3.63, 3.8) is 0 Å². The fourth-order valence-electron chi connectivity index (χ4n) is 2.58. The lowest BCUT2D eigenvalue weighted by Gasteiger charge is -2.27. The molecule has 3 aromatic rings. The number of thiophene rings is 2. The van der Waals surface area contributed by atoms with E-state index in [-0.39, 0.29) is 12.5 Å². The Morgan fingerprint density at radius 2 is 2.04 bits per heavy atom. The molecule has 0 fully saturated rings. The fourth-order valence-corrected chi connectivity index (χ4v) is 4.15. The first-order valence-corrected chi connectivity index (χ1v) is 9.67. The van der Waals surface area contributed by atoms with Gasteiger partial charge in [-0.1, -0.05) is 12.1 Å². The van der Waals surface area contributed by atoms with Gasteiger partial charge in [0.1, 0.15) is 5.60 Å². The van der Waals surface area contributed by atoms with Crippen molar-refractivity contribution in [2.24, 2.45) is 0 Å². The monoisotopic (exact) mass is 372 g/mol. The van der Waals surface area contributed by atoms with Crippen molar-refractivity contribution in [2.75, 3.05) is 25.5 Å². The number of benzene rings is 1. The van der Waals surface area contributed by atoms with Crippen LogP contribution in [0.1, 0.15) is 20.8 Å². The number of hydrogen-bond acceptors (Lipinski definition) is 5. The maximum atomic E-state index is 12.6. The summed E-state index contributed by atoms with van der Waals surface area (Å²) in [4.78, 5) is 15.3. The van der Waals surface area contributed by atoms with Crippen molar-refractivity contribution in [3.8, 4) is 0 Å². The Balaban J connectivity index is 1.80. The SMILES string of the molecule is CN(C)c1cccc(C(=O)NCC(O)(c2ccsc2)c2cccs2)c1. The van der Waals surface area contributed by atoms with Gasteiger partial charge in [0.25, 0.3) is 5.91 Å². The second-order valence-electron chi connectivity index (χ2n) is 5.98. The normalized spacial score (nSPS) is 13.2. The molecule has 0 bridgehead atoms. The lowest BCUT2D eigenvalue weighted by molar-refractivity contribution is 0.0721. The number of nitrogens with zero attached hydrogens (tertiary/aromatic N) is 1. The van der Waals surface area contributed by atoms with Gasteiger partial charge in [-0.25, -0.2) is 0 Å². The summed E-state index contributed by atoms with van der Waals surface area (Å²) in [5.74, 6) is -0.200. The average Bonchev–Trinajstić information content (AvgIpc) is 3.33. The van der Waals surface area contributed by atoms with Gasteiger partial charge in [0.15, 0.2) is 0 Å². The molecule has 6 heteroatoms. The first-order chi connectivity index (χ1) is 12.0. The second-order valence-corrected chi connectivity index (χ2v) is 7.70. The standard InChI is InChI=1S/C19H20N2O2S2/c1-21(2)16-6-3-5-14(11-16)18(22)20-13-19(23,15-8-10-24-12-15)17-7-4-9-25-17/h3-12,23H,13H2,1-2H3,(H,20,22). The lowest BCUT2D eigenvalue weighted by Crippen LogP contribution is -2.41. The average molecular weight is 373 g/mol. The van der Waals surface area contributed by atoms with Gasteiger partial charge in [-0.15, -0.1) is 11.3 Å². The Morgan fingerprint density at radius 1 is 1.20 bits per heavy atom. The van der Waals surface area contributed by atoms with Crippen LogP contribution in [0.5, 0.6) is 0 Å². The van der Waals surface area contributed by atoms with Crippen LogP contribution >= 0.6 is 22.7 Å². The molecule has 1 atom stereocenters. The summed E-state index contributed by atoms with van der Waals surface area (Å²) in [6.45, 7) is 0.120. The molecule has 2 heterocycles. The van der Waals surface area contributed by atoms with Gasteiger partial charge in [-0.3, -0.25) is 4.79 Å². The molecule has 0 aliphatic rings. The third-order valence-electron chi connectivity index (χ3n) is 4.06. The minimum absolute atomic E-state index is 0.120. The molecule has 25 heavy (non-hydrogen) atoms. The van der Waals surface area contributed by atoms with Crippen molar-refractivity contribution in [3.05, 3.63) is 74.6 Å². The highest BCUT2D eigenvalue weighted by Crippen LogP contribution is 2.33. The number of hydrogen-bond donors (Lipinski definition) is 2. The minimum Gasteiger partial charge on any atom is -0.378 e. The third kappa shape index (κ3) is 3.76. The summed E-state index contributed by atoms with van der Waals surface area (Å²) < 4.78 is 0. The maximum Gasteiger partial charge on any atom is 0.251 e. The van der Waals surface area contributed by atoms with Crippen LogP contribution < -0.4 is 10.2 Å². The van der Waals surface area contributed by atoms with Crippen molar-refractivity contribution in [1.82, 2.24) is 5.32 Å². The molecule has 2 N–H and O–H groups in total. The third-order valence-corrected chi connectivity index (χ3v) is 5.76. The molecular weight excluding hydrogens is 352 g/mol. The Morgan fingerprint density at radius 3 is 2.68 bits per heavy atom. The number of amides is 1. The maximum absolute atomic E-state index is 12.6. The molecule has 0 aliphatic carbocycles. The summed E-state index contributed by atoms with van der Waals surface area (Å²) in [5, 5.41) is 19.9. The number of aliphatic hydroxyl groups is 1. The Labute approximate surface area is 155 Å². The van der Waals surface area contributed by atoms with E-state index in [2.05, 4.69) is 5.32 Å². The van der Waals surface area contributed by atoms with Gasteiger partial charge in [-0.2, -0.15) is 11.3 Å². The van der Waals surface area contributed by atoms with Crippen molar-refractivity contribution in [1.29, 1.82) is 0 Å². The number of anilines is 1. The molecular formula is C19H20N2O2S2. The van der Waals surface area contributed by atoms with E-state index < -0.39 is 5.60 Å². The summed E-state index contributed by atoms with van der Waals surface area (Å²) in [5.41, 5.74) is 1.11. The zero-order valence-electron chi connectivity index (χ0n) is 14.1. The van der Waals surface area contributed by atoms with Crippen molar-refractivity contribution < 1.29 is 9.90 Å². The predicted molar refractivity (Wildman–Crippen MR) is 105 cm³/mol. The van der Waals surface area contributed by atoms with E-state index in [1.807, 2.05) is 71.5 Å². The largest absolute Gasteiger partial charge is 0.378 e.